The number of phenols is 1. The van der Waals surface area contributed by atoms with Crippen LogP contribution in [-0.2, 0) is 5.41 Å². The van der Waals surface area contributed by atoms with Crippen LogP contribution in [0.25, 0.3) is 0 Å². The predicted molar refractivity (Wildman–Crippen MR) is 94.9 cm³/mol. The Bertz CT molecular complexity index is 660. The number of phenolic OH excluding ortho intramolecular Hbond substituents is 1. The molecule has 0 unspecified atom stereocenters. The monoisotopic (exact) mass is 315 g/mol. The van der Waals surface area contributed by atoms with E-state index < -0.39 is 0 Å². The first-order chi connectivity index (χ1) is 10.3. The molecule has 0 bridgehead atoms. The number of hydrogen-bond acceptors (Lipinski definition) is 3. The molecule has 22 heavy (non-hydrogen) atoms. The van der Waals surface area contributed by atoms with E-state index in [1.807, 2.05) is 30.3 Å². The van der Waals surface area contributed by atoms with Gasteiger partial charge in [-0.1, -0.05) is 39.0 Å². The lowest BCUT2D eigenvalue weighted by atomic mass is 9.87. The fourth-order valence-electron chi connectivity index (χ4n) is 2.00. The molecule has 2 aromatic carbocycles. The Morgan fingerprint density at radius 1 is 1.09 bits per heavy atom. The summed E-state index contributed by atoms with van der Waals surface area (Å²) in [7, 11) is 1.81. The Kier molecular flexibility index (Phi) is 4.71. The Balaban J connectivity index is 2.08. The van der Waals surface area contributed by atoms with E-state index in [9.17, 15) is 5.11 Å². The van der Waals surface area contributed by atoms with E-state index in [-0.39, 0.29) is 11.2 Å². The van der Waals surface area contributed by atoms with E-state index in [1.165, 1.54) is 5.56 Å². The van der Waals surface area contributed by atoms with Gasteiger partial charge in [-0.3, -0.25) is 0 Å². The SMILES string of the molecule is CN(C(=S)Oc1ccc(C(C)(C)C)cc1)c1cccc(O)c1. The molecule has 0 aliphatic heterocycles. The highest BCUT2D eigenvalue weighted by Crippen LogP contribution is 2.25. The van der Waals surface area contributed by atoms with Crippen LogP contribution in [0.2, 0.25) is 0 Å². The molecule has 0 fully saturated rings. The molecule has 1 N–H and O–H groups in total. The van der Waals surface area contributed by atoms with Gasteiger partial charge in [0.25, 0.3) is 5.17 Å². The smallest absolute Gasteiger partial charge is 0.269 e. The molecule has 116 valence electrons. The van der Waals surface area contributed by atoms with Crippen molar-refractivity contribution in [2.45, 2.75) is 26.2 Å². The van der Waals surface area contributed by atoms with E-state index in [2.05, 4.69) is 20.8 Å². The van der Waals surface area contributed by atoms with Gasteiger partial charge in [-0.05, 0) is 47.5 Å². The van der Waals surface area contributed by atoms with Crippen LogP contribution in [0.5, 0.6) is 11.5 Å². The highest BCUT2D eigenvalue weighted by Gasteiger charge is 2.14. The third-order valence-corrected chi connectivity index (χ3v) is 3.77. The topological polar surface area (TPSA) is 32.7 Å². The summed E-state index contributed by atoms with van der Waals surface area (Å²) >= 11 is 5.31. The van der Waals surface area contributed by atoms with Crippen molar-refractivity contribution in [3.8, 4) is 11.5 Å². The number of aromatic hydroxyl groups is 1. The zero-order valence-electron chi connectivity index (χ0n) is 13.3. The van der Waals surface area contributed by atoms with Gasteiger partial charge < -0.3 is 14.7 Å². The molecule has 2 aromatic rings. The highest BCUT2D eigenvalue weighted by molar-refractivity contribution is 7.80. The van der Waals surface area contributed by atoms with Crippen LogP contribution in [-0.4, -0.2) is 17.3 Å². The van der Waals surface area contributed by atoms with Crippen molar-refractivity contribution in [3.63, 3.8) is 0 Å². The Morgan fingerprint density at radius 2 is 1.73 bits per heavy atom. The quantitative estimate of drug-likeness (QED) is 0.828. The second-order valence-electron chi connectivity index (χ2n) is 6.22. The summed E-state index contributed by atoms with van der Waals surface area (Å²) in [5, 5.41) is 9.86. The number of ether oxygens (including phenoxy) is 1. The maximum Gasteiger partial charge on any atom is 0.269 e. The first-order valence-electron chi connectivity index (χ1n) is 7.12. The lowest BCUT2D eigenvalue weighted by Crippen LogP contribution is -2.29. The van der Waals surface area contributed by atoms with Crippen LogP contribution in [0.4, 0.5) is 5.69 Å². The van der Waals surface area contributed by atoms with Gasteiger partial charge in [-0.25, -0.2) is 0 Å². The van der Waals surface area contributed by atoms with E-state index in [4.69, 9.17) is 17.0 Å². The Morgan fingerprint density at radius 3 is 2.27 bits per heavy atom. The molecule has 0 atom stereocenters. The van der Waals surface area contributed by atoms with Gasteiger partial charge in [0.15, 0.2) is 0 Å². The van der Waals surface area contributed by atoms with E-state index in [0.717, 1.165) is 5.69 Å². The van der Waals surface area contributed by atoms with Crippen molar-refractivity contribution < 1.29 is 9.84 Å². The van der Waals surface area contributed by atoms with Crippen molar-refractivity contribution in [2.24, 2.45) is 0 Å². The van der Waals surface area contributed by atoms with Crippen LogP contribution < -0.4 is 9.64 Å². The van der Waals surface area contributed by atoms with Crippen molar-refractivity contribution in [1.29, 1.82) is 0 Å². The average Bonchev–Trinajstić information content (AvgIpc) is 2.46. The lowest BCUT2D eigenvalue weighted by molar-refractivity contribution is 0.475. The zero-order valence-corrected chi connectivity index (χ0v) is 14.1. The van der Waals surface area contributed by atoms with Gasteiger partial charge >= 0.3 is 0 Å². The number of rotatable bonds is 2. The molecule has 0 spiro atoms. The van der Waals surface area contributed by atoms with Crippen LogP contribution in [0.3, 0.4) is 0 Å². The number of anilines is 1. The normalized spacial score (nSPS) is 11.1. The van der Waals surface area contributed by atoms with Crippen molar-refractivity contribution in [3.05, 3.63) is 54.1 Å². The highest BCUT2D eigenvalue weighted by atomic mass is 32.1. The Labute approximate surface area is 137 Å². The molecule has 0 saturated heterocycles. The average molecular weight is 315 g/mol. The summed E-state index contributed by atoms with van der Waals surface area (Å²) in [5.74, 6) is 0.895. The van der Waals surface area contributed by atoms with E-state index in [0.29, 0.717) is 10.9 Å². The molecule has 0 aliphatic rings. The van der Waals surface area contributed by atoms with Crippen LogP contribution in [0.15, 0.2) is 48.5 Å². The molecule has 0 aliphatic carbocycles. The third kappa shape index (κ3) is 3.98. The summed E-state index contributed by atoms with van der Waals surface area (Å²) < 4.78 is 5.71. The van der Waals surface area contributed by atoms with Gasteiger partial charge in [0, 0.05) is 18.8 Å². The maximum atomic E-state index is 9.53. The number of hydrogen-bond donors (Lipinski definition) is 1. The number of nitrogens with zero attached hydrogens (tertiary/aromatic N) is 1. The standard InChI is InChI=1S/C18H21NO2S/c1-18(2,3)13-8-10-16(11-9-13)21-17(22)19(4)14-6-5-7-15(20)12-14/h5-12,20H,1-4H3. The second kappa shape index (κ2) is 6.36. The zero-order chi connectivity index (χ0) is 16.3. The molecule has 0 heterocycles. The molecule has 4 heteroatoms. The fraction of sp³-hybridized carbons (Fsp3) is 0.278. The van der Waals surface area contributed by atoms with Crippen LogP contribution >= 0.6 is 12.2 Å². The fourth-order valence-corrected chi connectivity index (χ4v) is 2.20. The van der Waals surface area contributed by atoms with Gasteiger partial charge in [0.05, 0.1) is 0 Å². The second-order valence-corrected chi connectivity index (χ2v) is 6.57. The van der Waals surface area contributed by atoms with Gasteiger partial charge in [-0.15, -0.1) is 0 Å². The van der Waals surface area contributed by atoms with Gasteiger partial charge in [-0.2, -0.15) is 0 Å². The van der Waals surface area contributed by atoms with Crippen molar-refractivity contribution in [2.75, 3.05) is 11.9 Å². The molecular weight excluding hydrogens is 294 g/mol. The predicted octanol–water partition coefficient (Wildman–Crippen LogP) is 4.49. The van der Waals surface area contributed by atoms with E-state index >= 15 is 0 Å². The first kappa shape index (κ1) is 16.3. The first-order valence-corrected chi connectivity index (χ1v) is 7.53. The van der Waals surface area contributed by atoms with Crippen molar-refractivity contribution >= 4 is 23.1 Å². The lowest BCUT2D eigenvalue weighted by Gasteiger charge is -2.21. The maximum absolute atomic E-state index is 9.53. The molecule has 0 aromatic heterocycles. The van der Waals surface area contributed by atoms with Crippen LogP contribution in [0.1, 0.15) is 26.3 Å². The van der Waals surface area contributed by atoms with Gasteiger partial charge in [0.1, 0.15) is 11.5 Å². The molecule has 0 radical (unpaired) electrons. The summed E-state index contributed by atoms with van der Waals surface area (Å²) in [6.45, 7) is 6.51. The molecular formula is C18H21NO2S. The largest absolute Gasteiger partial charge is 0.508 e. The minimum absolute atomic E-state index is 0.109. The van der Waals surface area contributed by atoms with Gasteiger partial charge in [0.2, 0.25) is 0 Å². The van der Waals surface area contributed by atoms with Crippen LogP contribution in [0, 0.1) is 0 Å². The van der Waals surface area contributed by atoms with E-state index in [1.54, 1.807) is 30.1 Å². The molecule has 3 nitrogen and oxygen atoms in total. The molecule has 0 saturated carbocycles. The summed E-state index contributed by atoms with van der Waals surface area (Å²) in [4.78, 5) is 1.72. The minimum Gasteiger partial charge on any atom is -0.508 e. The molecule has 0 amide bonds. The Hall–Kier alpha value is -2.07. The summed E-state index contributed by atoms with van der Waals surface area (Å²) in [6.07, 6.45) is 0. The third-order valence-electron chi connectivity index (χ3n) is 3.42. The summed E-state index contributed by atoms with van der Waals surface area (Å²) in [5.41, 5.74) is 2.13. The summed E-state index contributed by atoms with van der Waals surface area (Å²) in [6, 6.07) is 14.8. The van der Waals surface area contributed by atoms with Crippen molar-refractivity contribution in [1.82, 2.24) is 0 Å². The minimum atomic E-state index is 0.109. The number of benzene rings is 2. The molecule has 2 rings (SSSR count). The number of thiocarbonyl (C=S) groups is 1.